The van der Waals surface area contributed by atoms with Crippen molar-refractivity contribution in [1.82, 2.24) is 36.2 Å². The van der Waals surface area contributed by atoms with E-state index in [1.165, 1.54) is 4.68 Å². The molecule has 0 fully saturated rings. The van der Waals surface area contributed by atoms with Crippen LogP contribution in [-0.4, -0.2) is 38.3 Å². The van der Waals surface area contributed by atoms with E-state index in [-0.39, 0.29) is 23.9 Å². The first-order valence-electron chi connectivity index (χ1n) is 9.74. The largest absolute Gasteiger partial charge is 0.378 e. The van der Waals surface area contributed by atoms with Gasteiger partial charge < -0.3 is 10.6 Å². The smallest absolute Gasteiger partial charge is 0.292 e. The first-order chi connectivity index (χ1) is 15.9. The molecule has 0 radical (unpaired) electrons. The third kappa shape index (κ3) is 4.77. The van der Waals surface area contributed by atoms with Crippen molar-refractivity contribution in [3.05, 3.63) is 83.2 Å². The number of carbonyl (C=O) groups is 1. The van der Waals surface area contributed by atoms with Crippen molar-refractivity contribution in [2.45, 2.75) is 6.54 Å². The summed E-state index contributed by atoms with van der Waals surface area (Å²) >= 11 is 5.92. The SMILES string of the molecule is C=C(NNC(=O)c1nnn(-c2nonc2N)c1CN(C)c1ccccc1)c1ccc(Cl)cc1. The number of nitrogens with two attached hydrogens (primary N) is 1. The third-order valence-corrected chi connectivity index (χ3v) is 5.03. The number of nitrogen functional groups attached to an aromatic ring is 1. The molecule has 168 valence electrons. The number of hydrogen-bond donors (Lipinski definition) is 3. The van der Waals surface area contributed by atoms with E-state index in [2.05, 4.69) is 42.7 Å². The average Bonchev–Trinajstić information content (AvgIpc) is 3.43. The molecule has 11 nitrogen and oxygen atoms in total. The van der Waals surface area contributed by atoms with Crippen molar-refractivity contribution >= 4 is 34.7 Å². The minimum Gasteiger partial charge on any atom is -0.378 e. The second-order valence-electron chi connectivity index (χ2n) is 7.03. The van der Waals surface area contributed by atoms with Crippen molar-refractivity contribution in [2.24, 2.45) is 0 Å². The highest BCUT2D eigenvalue weighted by Crippen LogP contribution is 2.20. The van der Waals surface area contributed by atoms with Gasteiger partial charge in [0, 0.05) is 17.8 Å². The number of carbonyl (C=O) groups excluding carboxylic acids is 1. The molecule has 4 N–H and O–H groups in total. The van der Waals surface area contributed by atoms with Crippen molar-refractivity contribution in [3.8, 4) is 5.82 Å². The lowest BCUT2D eigenvalue weighted by Gasteiger charge is -2.20. The van der Waals surface area contributed by atoms with E-state index in [0.717, 1.165) is 11.3 Å². The van der Waals surface area contributed by atoms with Gasteiger partial charge in [-0.15, -0.1) is 5.10 Å². The lowest BCUT2D eigenvalue weighted by Crippen LogP contribution is -2.37. The maximum Gasteiger partial charge on any atom is 0.292 e. The van der Waals surface area contributed by atoms with Crippen LogP contribution in [0.3, 0.4) is 0 Å². The van der Waals surface area contributed by atoms with Gasteiger partial charge in [-0.25, -0.2) is 4.63 Å². The Morgan fingerprint density at radius 1 is 1.15 bits per heavy atom. The highest BCUT2D eigenvalue weighted by molar-refractivity contribution is 6.30. The molecular weight excluding hydrogens is 446 g/mol. The van der Waals surface area contributed by atoms with Crippen LogP contribution in [-0.2, 0) is 6.54 Å². The highest BCUT2D eigenvalue weighted by Gasteiger charge is 2.25. The first-order valence-corrected chi connectivity index (χ1v) is 10.1. The topological polar surface area (TPSA) is 140 Å². The lowest BCUT2D eigenvalue weighted by atomic mass is 10.2. The molecule has 0 spiro atoms. The van der Waals surface area contributed by atoms with Crippen molar-refractivity contribution < 1.29 is 9.42 Å². The standard InChI is InChI=1S/C21H20ClN9O2/c1-13(14-8-10-15(22)11-9-14)24-26-21(32)18-17(12-30(2)16-6-4-3-5-7-16)31(29-25-18)20-19(23)27-33-28-20/h3-11,24H,1,12H2,2H3,(H2,23,27)(H,26,32). The van der Waals surface area contributed by atoms with Crippen LogP contribution in [0.25, 0.3) is 11.5 Å². The quantitative estimate of drug-likeness (QED) is 0.334. The zero-order valence-electron chi connectivity index (χ0n) is 17.6. The Morgan fingerprint density at radius 2 is 1.88 bits per heavy atom. The summed E-state index contributed by atoms with van der Waals surface area (Å²) in [5, 5.41) is 16.1. The van der Waals surface area contributed by atoms with Gasteiger partial charge in [-0.05, 0) is 40.1 Å². The predicted octanol–water partition coefficient (Wildman–Crippen LogP) is 2.43. The van der Waals surface area contributed by atoms with Gasteiger partial charge in [0.15, 0.2) is 5.69 Å². The summed E-state index contributed by atoms with van der Waals surface area (Å²) < 4.78 is 6.02. The van der Waals surface area contributed by atoms with Gasteiger partial charge in [-0.2, -0.15) is 4.68 Å². The number of anilines is 2. The maximum atomic E-state index is 13.0. The second kappa shape index (κ2) is 9.40. The van der Waals surface area contributed by atoms with Gasteiger partial charge in [-0.3, -0.25) is 15.6 Å². The Balaban J connectivity index is 1.58. The fourth-order valence-electron chi connectivity index (χ4n) is 3.04. The predicted molar refractivity (Wildman–Crippen MR) is 123 cm³/mol. The molecule has 1 amide bonds. The molecule has 12 heteroatoms. The summed E-state index contributed by atoms with van der Waals surface area (Å²) in [5.74, 6) is -0.371. The van der Waals surface area contributed by atoms with Crippen LogP contribution in [0.1, 0.15) is 21.7 Å². The van der Waals surface area contributed by atoms with Gasteiger partial charge in [0.25, 0.3) is 5.91 Å². The Morgan fingerprint density at radius 3 is 2.55 bits per heavy atom. The van der Waals surface area contributed by atoms with Crippen LogP contribution in [0.15, 0.2) is 65.8 Å². The van der Waals surface area contributed by atoms with E-state index in [1.54, 1.807) is 24.3 Å². The van der Waals surface area contributed by atoms with Crippen LogP contribution < -0.4 is 21.5 Å². The molecule has 4 rings (SSSR count). The number of nitrogens with one attached hydrogen (secondary N) is 2. The van der Waals surface area contributed by atoms with Crippen molar-refractivity contribution in [2.75, 3.05) is 17.7 Å². The summed E-state index contributed by atoms with van der Waals surface area (Å²) in [6.45, 7) is 4.19. The number of nitrogens with zero attached hydrogens (tertiary/aromatic N) is 6. The van der Waals surface area contributed by atoms with Gasteiger partial charge in [0.05, 0.1) is 17.9 Å². The number of benzene rings is 2. The maximum absolute atomic E-state index is 13.0. The Kier molecular flexibility index (Phi) is 6.22. The fourth-order valence-corrected chi connectivity index (χ4v) is 3.17. The van der Waals surface area contributed by atoms with E-state index in [1.807, 2.05) is 42.3 Å². The Hall–Kier alpha value is -4.38. The molecule has 0 aliphatic heterocycles. The fraction of sp³-hybridized carbons (Fsp3) is 0.0952. The van der Waals surface area contributed by atoms with Crippen molar-refractivity contribution in [3.63, 3.8) is 0 Å². The number of aromatic nitrogens is 5. The molecule has 2 aromatic carbocycles. The van der Waals surface area contributed by atoms with Crippen LogP contribution in [0.4, 0.5) is 11.5 Å². The number of hydrazine groups is 1. The second-order valence-corrected chi connectivity index (χ2v) is 7.46. The summed E-state index contributed by atoms with van der Waals surface area (Å²) in [5.41, 5.74) is 13.9. The molecule has 0 bridgehead atoms. The normalized spacial score (nSPS) is 10.6. The minimum atomic E-state index is -0.525. The Bertz CT molecular complexity index is 1270. The summed E-state index contributed by atoms with van der Waals surface area (Å²) in [6, 6.07) is 16.7. The number of para-hydroxylation sites is 1. The molecule has 0 aliphatic carbocycles. The summed E-state index contributed by atoms with van der Waals surface area (Å²) in [7, 11) is 1.87. The Labute approximate surface area is 193 Å². The number of amides is 1. The van der Waals surface area contributed by atoms with Gasteiger partial charge in [-0.1, -0.05) is 53.7 Å². The molecule has 33 heavy (non-hydrogen) atoms. The molecule has 0 aliphatic rings. The van der Waals surface area contributed by atoms with E-state index in [9.17, 15) is 4.79 Å². The zero-order valence-corrected chi connectivity index (χ0v) is 18.3. The van der Waals surface area contributed by atoms with Crippen LogP contribution in [0.2, 0.25) is 5.02 Å². The lowest BCUT2D eigenvalue weighted by molar-refractivity contribution is 0.0936. The molecule has 2 heterocycles. The van der Waals surface area contributed by atoms with Crippen molar-refractivity contribution in [1.29, 1.82) is 0 Å². The summed E-state index contributed by atoms with van der Waals surface area (Å²) in [6.07, 6.45) is 0. The molecule has 2 aromatic heterocycles. The van der Waals surface area contributed by atoms with Crippen LogP contribution >= 0.6 is 11.6 Å². The van der Waals surface area contributed by atoms with Gasteiger partial charge in [0.2, 0.25) is 11.6 Å². The number of hydrogen-bond acceptors (Lipinski definition) is 9. The minimum absolute atomic E-state index is 0.0183. The molecule has 0 saturated heterocycles. The van der Waals surface area contributed by atoms with E-state index < -0.39 is 5.91 Å². The number of rotatable bonds is 8. The molecular formula is C21H20ClN9O2. The summed E-state index contributed by atoms with van der Waals surface area (Å²) in [4.78, 5) is 14.9. The monoisotopic (exact) mass is 465 g/mol. The van der Waals surface area contributed by atoms with E-state index in [0.29, 0.717) is 16.4 Å². The first kappa shape index (κ1) is 21.8. The highest BCUT2D eigenvalue weighted by atomic mass is 35.5. The average molecular weight is 466 g/mol. The van der Waals surface area contributed by atoms with E-state index in [4.69, 9.17) is 17.3 Å². The molecule has 0 unspecified atom stereocenters. The molecule has 0 saturated carbocycles. The number of halogens is 1. The van der Waals surface area contributed by atoms with Crippen LogP contribution in [0.5, 0.6) is 0 Å². The van der Waals surface area contributed by atoms with Gasteiger partial charge >= 0.3 is 0 Å². The molecule has 0 atom stereocenters. The van der Waals surface area contributed by atoms with E-state index >= 15 is 0 Å². The van der Waals surface area contributed by atoms with Crippen LogP contribution in [0, 0.1) is 0 Å². The molecule has 4 aromatic rings. The third-order valence-electron chi connectivity index (χ3n) is 4.78. The zero-order chi connectivity index (χ0) is 23.4. The van der Waals surface area contributed by atoms with Gasteiger partial charge in [0.1, 0.15) is 0 Å².